The van der Waals surface area contributed by atoms with E-state index >= 15 is 0 Å². The molecule has 0 radical (unpaired) electrons. The van der Waals surface area contributed by atoms with E-state index in [1.807, 2.05) is 0 Å². The standard InChI is InChI=1S/C15H21N3/c1-10-11(2)17-14-5-4-12(8-13(10)14)15-9-16-6-7-18(15)3/h4-5,8,15-17H,6-7,9H2,1-3H3. The van der Waals surface area contributed by atoms with Gasteiger partial charge in [0.2, 0.25) is 0 Å². The van der Waals surface area contributed by atoms with E-state index in [1.54, 1.807) is 0 Å². The van der Waals surface area contributed by atoms with Gasteiger partial charge in [0.25, 0.3) is 0 Å². The van der Waals surface area contributed by atoms with Crippen molar-refractivity contribution < 1.29 is 0 Å². The van der Waals surface area contributed by atoms with Crippen molar-refractivity contribution in [1.82, 2.24) is 15.2 Å². The van der Waals surface area contributed by atoms with Crippen LogP contribution in [0.25, 0.3) is 10.9 Å². The van der Waals surface area contributed by atoms with E-state index in [9.17, 15) is 0 Å². The van der Waals surface area contributed by atoms with Gasteiger partial charge >= 0.3 is 0 Å². The zero-order chi connectivity index (χ0) is 12.7. The molecule has 1 aliphatic heterocycles. The maximum absolute atomic E-state index is 3.48. The van der Waals surface area contributed by atoms with Gasteiger partial charge in [-0.25, -0.2) is 0 Å². The molecular formula is C15H21N3. The number of nitrogens with zero attached hydrogens (tertiary/aromatic N) is 1. The summed E-state index contributed by atoms with van der Waals surface area (Å²) >= 11 is 0. The summed E-state index contributed by atoms with van der Waals surface area (Å²) in [4.78, 5) is 5.88. The topological polar surface area (TPSA) is 31.1 Å². The Kier molecular flexibility index (Phi) is 2.88. The number of H-pyrrole nitrogens is 1. The minimum Gasteiger partial charge on any atom is -0.358 e. The van der Waals surface area contributed by atoms with E-state index in [-0.39, 0.29) is 0 Å². The first kappa shape index (κ1) is 11.8. The highest BCUT2D eigenvalue weighted by Crippen LogP contribution is 2.27. The lowest BCUT2D eigenvalue weighted by atomic mass is 10.0. The maximum Gasteiger partial charge on any atom is 0.0470 e. The molecule has 2 N–H and O–H groups in total. The zero-order valence-electron chi connectivity index (χ0n) is 11.4. The molecule has 0 spiro atoms. The van der Waals surface area contributed by atoms with E-state index in [1.165, 1.54) is 27.7 Å². The van der Waals surface area contributed by atoms with Crippen molar-refractivity contribution in [3.05, 3.63) is 35.0 Å². The first-order valence-electron chi connectivity index (χ1n) is 6.66. The smallest absolute Gasteiger partial charge is 0.0470 e. The largest absolute Gasteiger partial charge is 0.358 e. The van der Waals surface area contributed by atoms with Crippen LogP contribution in [0.2, 0.25) is 0 Å². The van der Waals surface area contributed by atoms with Crippen LogP contribution in [-0.4, -0.2) is 36.6 Å². The molecule has 1 aromatic carbocycles. The molecule has 1 saturated heterocycles. The minimum absolute atomic E-state index is 0.498. The van der Waals surface area contributed by atoms with Crippen LogP contribution in [0.4, 0.5) is 0 Å². The van der Waals surface area contributed by atoms with Crippen molar-refractivity contribution in [3.63, 3.8) is 0 Å². The third kappa shape index (κ3) is 1.84. The molecule has 1 atom stereocenters. The Morgan fingerprint density at radius 3 is 2.89 bits per heavy atom. The van der Waals surface area contributed by atoms with E-state index in [0.717, 1.165) is 19.6 Å². The van der Waals surface area contributed by atoms with Gasteiger partial charge in [-0.05, 0) is 44.2 Å². The fraction of sp³-hybridized carbons (Fsp3) is 0.467. The van der Waals surface area contributed by atoms with Gasteiger partial charge in [-0.1, -0.05) is 6.07 Å². The number of aromatic nitrogens is 1. The fourth-order valence-corrected chi connectivity index (χ4v) is 2.86. The fourth-order valence-electron chi connectivity index (χ4n) is 2.86. The van der Waals surface area contributed by atoms with Crippen LogP contribution in [0.15, 0.2) is 18.2 Å². The monoisotopic (exact) mass is 243 g/mol. The van der Waals surface area contributed by atoms with Crippen molar-refractivity contribution in [1.29, 1.82) is 0 Å². The molecule has 1 fully saturated rings. The molecule has 3 nitrogen and oxygen atoms in total. The SMILES string of the molecule is Cc1[nH]c2ccc(C3CNCCN3C)cc2c1C. The summed E-state index contributed by atoms with van der Waals surface area (Å²) in [5, 5.41) is 4.85. The average molecular weight is 243 g/mol. The summed E-state index contributed by atoms with van der Waals surface area (Å²) in [6, 6.07) is 7.32. The summed E-state index contributed by atoms with van der Waals surface area (Å²) in [5.74, 6) is 0. The minimum atomic E-state index is 0.498. The highest BCUT2D eigenvalue weighted by Gasteiger charge is 2.20. The summed E-state index contributed by atoms with van der Waals surface area (Å²) in [6.07, 6.45) is 0. The average Bonchev–Trinajstić information content (AvgIpc) is 2.66. The molecule has 0 amide bonds. The van der Waals surface area contributed by atoms with Gasteiger partial charge in [-0.15, -0.1) is 0 Å². The summed E-state index contributed by atoms with van der Waals surface area (Å²) in [5.41, 5.74) is 5.31. The van der Waals surface area contributed by atoms with Gasteiger partial charge in [0, 0.05) is 42.3 Å². The van der Waals surface area contributed by atoms with E-state index < -0.39 is 0 Å². The van der Waals surface area contributed by atoms with Crippen LogP contribution >= 0.6 is 0 Å². The molecule has 0 bridgehead atoms. The second-order valence-corrected chi connectivity index (χ2v) is 5.38. The van der Waals surface area contributed by atoms with Crippen molar-refractivity contribution in [2.45, 2.75) is 19.9 Å². The number of nitrogens with one attached hydrogen (secondary N) is 2. The van der Waals surface area contributed by atoms with Gasteiger partial charge in [-0.2, -0.15) is 0 Å². The van der Waals surface area contributed by atoms with Crippen LogP contribution in [0.3, 0.4) is 0 Å². The third-order valence-electron chi connectivity index (χ3n) is 4.23. The molecule has 1 aromatic heterocycles. The molecule has 2 heterocycles. The molecule has 2 aromatic rings. The van der Waals surface area contributed by atoms with Crippen LogP contribution in [-0.2, 0) is 0 Å². The first-order chi connectivity index (χ1) is 8.66. The van der Waals surface area contributed by atoms with Crippen LogP contribution in [0, 0.1) is 13.8 Å². The van der Waals surface area contributed by atoms with Gasteiger partial charge in [0.05, 0.1) is 0 Å². The first-order valence-corrected chi connectivity index (χ1v) is 6.66. The van der Waals surface area contributed by atoms with Gasteiger partial charge in [0.15, 0.2) is 0 Å². The van der Waals surface area contributed by atoms with Crippen LogP contribution in [0.1, 0.15) is 22.9 Å². The van der Waals surface area contributed by atoms with Gasteiger partial charge in [0.1, 0.15) is 0 Å². The number of benzene rings is 1. The number of aromatic amines is 1. The Bertz CT molecular complexity index is 570. The van der Waals surface area contributed by atoms with Gasteiger partial charge < -0.3 is 10.3 Å². The Morgan fingerprint density at radius 1 is 1.28 bits per heavy atom. The molecule has 18 heavy (non-hydrogen) atoms. The van der Waals surface area contributed by atoms with Gasteiger partial charge in [-0.3, -0.25) is 4.90 Å². The maximum atomic E-state index is 3.48. The third-order valence-corrected chi connectivity index (χ3v) is 4.23. The van der Waals surface area contributed by atoms with Crippen molar-refractivity contribution in [2.24, 2.45) is 0 Å². The predicted octanol–water partition coefficient (Wildman–Crippen LogP) is 2.36. The lowest BCUT2D eigenvalue weighted by Gasteiger charge is -2.33. The van der Waals surface area contributed by atoms with E-state index in [4.69, 9.17) is 0 Å². The number of rotatable bonds is 1. The molecule has 96 valence electrons. The van der Waals surface area contributed by atoms with Crippen molar-refractivity contribution in [3.8, 4) is 0 Å². The lowest BCUT2D eigenvalue weighted by Crippen LogP contribution is -2.43. The summed E-state index contributed by atoms with van der Waals surface area (Å²) < 4.78 is 0. The molecule has 0 aliphatic carbocycles. The molecule has 3 rings (SSSR count). The second kappa shape index (κ2) is 4.41. The Labute approximate surface area is 108 Å². The lowest BCUT2D eigenvalue weighted by molar-refractivity contribution is 0.202. The zero-order valence-corrected chi connectivity index (χ0v) is 11.4. The van der Waals surface area contributed by atoms with E-state index in [0.29, 0.717) is 6.04 Å². The summed E-state index contributed by atoms with van der Waals surface area (Å²) in [7, 11) is 2.21. The molecule has 0 saturated carbocycles. The number of piperazine rings is 1. The molecule has 1 aliphatic rings. The Hall–Kier alpha value is -1.32. The van der Waals surface area contributed by atoms with Crippen LogP contribution in [0.5, 0.6) is 0 Å². The van der Waals surface area contributed by atoms with Crippen molar-refractivity contribution >= 4 is 10.9 Å². The predicted molar refractivity (Wildman–Crippen MR) is 76.0 cm³/mol. The normalized spacial score (nSPS) is 21.6. The highest BCUT2D eigenvalue weighted by molar-refractivity contribution is 5.85. The highest BCUT2D eigenvalue weighted by atomic mass is 15.2. The number of hydrogen-bond donors (Lipinski definition) is 2. The second-order valence-electron chi connectivity index (χ2n) is 5.38. The number of likely N-dealkylation sites (N-methyl/N-ethyl adjacent to an activating group) is 1. The number of aryl methyl sites for hydroxylation is 2. The van der Waals surface area contributed by atoms with E-state index in [2.05, 4.69) is 54.3 Å². The molecule has 3 heteroatoms. The molecule has 1 unspecified atom stereocenters. The Morgan fingerprint density at radius 2 is 2.11 bits per heavy atom. The van der Waals surface area contributed by atoms with Crippen LogP contribution < -0.4 is 5.32 Å². The number of hydrogen-bond acceptors (Lipinski definition) is 2. The van der Waals surface area contributed by atoms with Crippen molar-refractivity contribution in [2.75, 3.05) is 26.7 Å². The Balaban J connectivity index is 2.04. The quantitative estimate of drug-likeness (QED) is 0.805. The summed E-state index contributed by atoms with van der Waals surface area (Å²) in [6.45, 7) is 7.60. The molecular weight excluding hydrogens is 222 g/mol. The number of fused-ring (bicyclic) bond motifs is 1.